The van der Waals surface area contributed by atoms with Gasteiger partial charge in [-0.1, -0.05) is 45.9 Å². The van der Waals surface area contributed by atoms with Crippen LogP contribution in [0.1, 0.15) is 57.2 Å². The Hall–Kier alpha value is -2.53. The minimum atomic E-state index is 0.0338. The van der Waals surface area contributed by atoms with Crippen molar-refractivity contribution < 1.29 is 14.6 Å². The lowest BCUT2D eigenvalue weighted by atomic mass is 9.68. The minimum absolute atomic E-state index is 0.0338. The van der Waals surface area contributed by atoms with Gasteiger partial charge in [0.2, 0.25) is 5.91 Å². The van der Waals surface area contributed by atoms with Crippen LogP contribution in [0.2, 0.25) is 0 Å². The third-order valence-corrected chi connectivity index (χ3v) is 8.67. The highest BCUT2D eigenvalue weighted by Gasteiger charge is 2.39. The molecule has 5 heteroatoms. The van der Waals surface area contributed by atoms with Gasteiger partial charge < -0.3 is 20.1 Å². The third-order valence-electron chi connectivity index (χ3n) is 8.67. The van der Waals surface area contributed by atoms with Crippen LogP contribution in [0.5, 0.6) is 11.5 Å². The van der Waals surface area contributed by atoms with Gasteiger partial charge in [-0.05, 0) is 90.4 Å². The van der Waals surface area contributed by atoms with E-state index >= 15 is 0 Å². The fourth-order valence-electron chi connectivity index (χ4n) is 5.86. The van der Waals surface area contributed by atoms with Crippen LogP contribution in [0, 0.1) is 17.8 Å². The molecule has 1 aliphatic heterocycles. The number of hydrogen-bond acceptors (Lipinski definition) is 4. The number of aryl methyl sites for hydroxylation is 1. The number of amides is 1. The van der Waals surface area contributed by atoms with Gasteiger partial charge in [-0.3, -0.25) is 4.79 Å². The number of likely N-dealkylation sites (tertiary alicyclic amines) is 1. The molecule has 5 nitrogen and oxygen atoms in total. The number of phenolic OH excluding ortho intramolecular Hbond substituents is 1. The fraction of sp³-hybridized carbons (Fsp3) is 0.567. The summed E-state index contributed by atoms with van der Waals surface area (Å²) >= 11 is 0. The molecule has 2 N–H and O–H groups in total. The van der Waals surface area contributed by atoms with Crippen molar-refractivity contribution in [3.63, 3.8) is 0 Å². The van der Waals surface area contributed by atoms with E-state index in [1.807, 2.05) is 18.2 Å². The van der Waals surface area contributed by atoms with Gasteiger partial charge in [-0.15, -0.1) is 0 Å². The Bertz CT molecular complexity index is 1040. The number of rotatable bonds is 7. The van der Waals surface area contributed by atoms with Crippen molar-refractivity contribution in [2.24, 2.45) is 17.8 Å². The third kappa shape index (κ3) is 5.66. The predicted molar refractivity (Wildman–Crippen MR) is 141 cm³/mol. The van der Waals surface area contributed by atoms with Crippen molar-refractivity contribution in [2.75, 3.05) is 26.7 Å². The number of nitrogens with zero attached hydrogens (tertiary/aromatic N) is 1. The molecule has 1 amide bonds. The molecule has 4 atom stereocenters. The maximum atomic E-state index is 13.3. The fourth-order valence-corrected chi connectivity index (χ4v) is 5.86. The highest BCUT2D eigenvalue weighted by Crippen LogP contribution is 2.40. The molecule has 1 saturated heterocycles. The van der Waals surface area contributed by atoms with Gasteiger partial charge in [0.1, 0.15) is 11.5 Å². The Morgan fingerprint density at radius 1 is 1.23 bits per heavy atom. The number of benzene rings is 2. The molecule has 1 heterocycles. The lowest BCUT2D eigenvalue weighted by Gasteiger charge is -2.46. The molecule has 0 aromatic heterocycles. The van der Waals surface area contributed by atoms with Gasteiger partial charge >= 0.3 is 0 Å². The molecule has 2 aromatic rings. The molecule has 2 aromatic carbocycles. The normalized spacial score (nSPS) is 25.7. The lowest BCUT2D eigenvalue weighted by molar-refractivity contribution is -0.126. The van der Waals surface area contributed by atoms with E-state index < -0.39 is 0 Å². The van der Waals surface area contributed by atoms with Gasteiger partial charge in [0.15, 0.2) is 0 Å². The Morgan fingerprint density at radius 2 is 2.03 bits per heavy atom. The summed E-state index contributed by atoms with van der Waals surface area (Å²) in [6, 6.07) is 14.1. The van der Waals surface area contributed by atoms with Gasteiger partial charge in [-0.25, -0.2) is 0 Å². The zero-order valence-corrected chi connectivity index (χ0v) is 22.0. The Kier molecular flexibility index (Phi) is 7.75. The van der Waals surface area contributed by atoms with E-state index in [-0.39, 0.29) is 23.3 Å². The van der Waals surface area contributed by atoms with Gasteiger partial charge in [-0.2, -0.15) is 0 Å². The molecule has 1 fully saturated rings. The highest BCUT2D eigenvalue weighted by atomic mass is 16.5. The Morgan fingerprint density at radius 3 is 2.71 bits per heavy atom. The first kappa shape index (κ1) is 25.6. The highest BCUT2D eigenvalue weighted by molar-refractivity contribution is 5.79. The van der Waals surface area contributed by atoms with Crippen molar-refractivity contribution in [1.29, 1.82) is 0 Å². The van der Waals surface area contributed by atoms with Crippen LogP contribution in [0.3, 0.4) is 0 Å². The second-order valence-corrected chi connectivity index (χ2v) is 11.3. The summed E-state index contributed by atoms with van der Waals surface area (Å²) in [4.78, 5) is 15.8. The van der Waals surface area contributed by atoms with Gasteiger partial charge in [0.25, 0.3) is 0 Å². The molecular formula is C30H42N2O3. The topological polar surface area (TPSA) is 61.8 Å². The molecular weight excluding hydrogens is 436 g/mol. The van der Waals surface area contributed by atoms with E-state index in [1.54, 1.807) is 13.2 Å². The molecule has 2 aliphatic rings. The maximum Gasteiger partial charge on any atom is 0.223 e. The van der Waals surface area contributed by atoms with E-state index in [1.165, 1.54) is 16.7 Å². The number of nitrogens with one attached hydrogen (secondary N) is 1. The summed E-state index contributed by atoms with van der Waals surface area (Å²) < 4.78 is 5.36. The lowest BCUT2D eigenvalue weighted by Crippen LogP contribution is -2.54. The van der Waals surface area contributed by atoms with Crippen LogP contribution < -0.4 is 10.1 Å². The van der Waals surface area contributed by atoms with Crippen molar-refractivity contribution in [3.05, 3.63) is 59.2 Å². The Labute approximate surface area is 210 Å². The summed E-state index contributed by atoms with van der Waals surface area (Å²) in [7, 11) is 1.70. The zero-order valence-electron chi connectivity index (χ0n) is 22.0. The summed E-state index contributed by atoms with van der Waals surface area (Å²) in [6.07, 6.45) is 3.66. The number of carbonyl (C=O) groups excluding carboxylic acids is 1. The summed E-state index contributed by atoms with van der Waals surface area (Å²) in [5, 5.41) is 13.4. The number of piperidine rings is 1. The second-order valence-electron chi connectivity index (χ2n) is 11.3. The van der Waals surface area contributed by atoms with Crippen molar-refractivity contribution >= 4 is 5.91 Å². The van der Waals surface area contributed by atoms with E-state index in [0.29, 0.717) is 17.6 Å². The quantitative estimate of drug-likeness (QED) is 0.591. The first-order valence-electron chi connectivity index (χ1n) is 13.2. The maximum absolute atomic E-state index is 13.3. The van der Waals surface area contributed by atoms with Gasteiger partial charge in [0.05, 0.1) is 7.11 Å². The van der Waals surface area contributed by atoms with Crippen LogP contribution in [-0.2, 0) is 23.1 Å². The number of aromatic hydroxyl groups is 1. The number of fused-ring (bicyclic) bond motifs is 1. The van der Waals surface area contributed by atoms with Crippen molar-refractivity contribution in [3.8, 4) is 11.5 Å². The Balaban J connectivity index is 1.36. The van der Waals surface area contributed by atoms with Crippen molar-refractivity contribution in [1.82, 2.24) is 10.2 Å². The first-order valence-corrected chi connectivity index (χ1v) is 13.2. The smallest absolute Gasteiger partial charge is 0.223 e. The van der Waals surface area contributed by atoms with Crippen LogP contribution >= 0.6 is 0 Å². The summed E-state index contributed by atoms with van der Waals surface area (Å²) in [5.74, 6) is 2.28. The van der Waals surface area contributed by atoms with Crippen LogP contribution in [0.4, 0.5) is 0 Å². The molecule has 0 spiro atoms. The molecule has 0 unspecified atom stereocenters. The molecule has 1 aliphatic carbocycles. The van der Waals surface area contributed by atoms with E-state index in [0.717, 1.165) is 51.1 Å². The largest absolute Gasteiger partial charge is 0.508 e. The van der Waals surface area contributed by atoms with Crippen molar-refractivity contribution in [2.45, 2.75) is 64.8 Å². The molecule has 0 saturated carbocycles. The molecule has 0 radical (unpaired) electrons. The van der Waals surface area contributed by atoms with E-state index in [4.69, 9.17) is 4.74 Å². The average Bonchev–Trinajstić information content (AvgIpc) is 2.85. The van der Waals surface area contributed by atoms with Crippen LogP contribution in [-0.4, -0.2) is 48.7 Å². The molecule has 190 valence electrons. The minimum Gasteiger partial charge on any atom is -0.508 e. The number of carbonyl (C=O) groups is 1. The van der Waals surface area contributed by atoms with Gasteiger partial charge in [0, 0.05) is 25.0 Å². The predicted octanol–water partition coefficient (Wildman–Crippen LogP) is 4.95. The number of phenols is 1. The van der Waals surface area contributed by atoms with E-state index in [9.17, 15) is 9.90 Å². The average molecular weight is 479 g/mol. The number of methoxy groups -OCH3 is 1. The first-order chi connectivity index (χ1) is 16.7. The second kappa shape index (κ2) is 10.6. The molecule has 0 bridgehead atoms. The van der Waals surface area contributed by atoms with Crippen LogP contribution in [0.25, 0.3) is 0 Å². The summed E-state index contributed by atoms with van der Waals surface area (Å²) in [5.41, 5.74) is 3.85. The number of ether oxygens (including phenoxy) is 1. The SMILES string of the molecule is COc1ccc2c(c1)CC[C@H](C(=O)N[C@H](CN1CC[C@@](C)(c3cccc(O)c3)[C@@H](C)C1)C(C)C)C2. The monoisotopic (exact) mass is 478 g/mol. The van der Waals surface area contributed by atoms with Crippen LogP contribution in [0.15, 0.2) is 42.5 Å². The number of hydrogen-bond donors (Lipinski definition) is 2. The standard InChI is InChI=1S/C30H42N2O3/c1-20(2)28(31-29(34)24-10-9-23-16-27(35-5)12-11-22(23)15-24)19-32-14-13-30(4,21(3)18-32)25-7-6-8-26(33)17-25/h6-8,11-12,16-17,20-21,24,28,33H,9-10,13-15,18-19H2,1-5H3,(H,31,34)/t21-,24-,28+,30+/m0/s1. The molecule has 4 rings (SSSR count). The van der Waals surface area contributed by atoms with E-state index in [2.05, 4.69) is 56.1 Å². The molecule has 35 heavy (non-hydrogen) atoms. The zero-order chi connectivity index (χ0) is 25.2. The summed E-state index contributed by atoms with van der Waals surface area (Å²) in [6.45, 7) is 11.9.